The van der Waals surface area contributed by atoms with E-state index in [1.165, 1.54) is 0 Å². The smallest absolute Gasteiger partial charge is 0.373 e. The molecule has 1 N–H and O–H groups in total. The minimum absolute atomic E-state index is 0.0689. The number of carbonyl (C=O) groups is 1. The normalized spacial score (nSPS) is 18.1. The van der Waals surface area contributed by atoms with Gasteiger partial charge in [0.05, 0.1) is 17.7 Å². The molecule has 0 bridgehead atoms. The molecular formula is C11H15NO4. The van der Waals surface area contributed by atoms with Crippen LogP contribution in [-0.4, -0.2) is 28.8 Å². The van der Waals surface area contributed by atoms with Crippen molar-refractivity contribution in [1.82, 2.24) is 4.98 Å². The second-order valence-corrected chi connectivity index (χ2v) is 4.24. The quantitative estimate of drug-likeness (QED) is 0.845. The Labute approximate surface area is 93.4 Å². The fraction of sp³-hybridized carbons (Fsp3) is 0.636. The van der Waals surface area contributed by atoms with E-state index in [9.17, 15) is 4.79 Å². The van der Waals surface area contributed by atoms with Crippen molar-refractivity contribution in [3.05, 3.63) is 17.3 Å². The summed E-state index contributed by atoms with van der Waals surface area (Å²) in [5.41, 5.74) is 0.237. The van der Waals surface area contributed by atoms with Gasteiger partial charge in [-0.25, -0.2) is 9.78 Å². The molecule has 0 spiro atoms. The highest BCUT2D eigenvalue weighted by Gasteiger charge is 2.39. The Balaban J connectivity index is 2.16. The van der Waals surface area contributed by atoms with Gasteiger partial charge in [0.1, 0.15) is 0 Å². The van der Waals surface area contributed by atoms with Gasteiger partial charge in [-0.05, 0) is 26.2 Å². The van der Waals surface area contributed by atoms with Crippen LogP contribution in [0.2, 0.25) is 0 Å². The lowest BCUT2D eigenvalue weighted by Gasteiger charge is -2.39. The van der Waals surface area contributed by atoms with E-state index in [4.69, 9.17) is 14.3 Å². The van der Waals surface area contributed by atoms with Gasteiger partial charge in [0.2, 0.25) is 5.76 Å². The van der Waals surface area contributed by atoms with Gasteiger partial charge in [-0.2, -0.15) is 0 Å². The highest BCUT2D eigenvalue weighted by molar-refractivity contribution is 5.85. The van der Waals surface area contributed by atoms with E-state index in [0.29, 0.717) is 18.0 Å². The van der Waals surface area contributed by atoms with Crippen molar-refractivity contribution in [2.75, 3.05) is 7.11 Å². The van der Waals surface area contributed by atoms with Gasteiger partial charge in [-0.3, -0.25) is 0 Å². The molecule has 0 unspecified atom stereocenters. The van der Waals surface area contributed by atoms with Crippen molar-refractivity contribution in [1.29, 1.82) is 0 Å². The van der Waals surface area contributed by atoms with Gasteiger partial charge in [-0.15, -0.1) is 0 Å². The Morgan fingerprint density at radius 3 is 2.69 bits per heavy atom. The van der Waals surface area contributed by atoms with Crippen LogP contribution >= 0.6 is 0 Å². The molecule has 1 aliphatic carbocycles. The Kier molecular flexibility index (Phi) is 2.71. The highest BCUT2D eigenvalue weighted by atomic mass is 16.5. The molecule has 1 heterocycles. The van der Waals surface area contributed by atoms with Crippen LogP contribution < -0.4 is 0 Å². The third-order valence-corrected chi connectivity index (χ3v) is 3.21. The summed E-state index contributed by atoms with van der Waals surface area (Å²) in [5, 5.41) is 8.84. The average molecular weight is 225 g/mol. The highest BCUT2D eigenvalue weighted by Crippen LogP contribution is 2.37. The number of carboxylic acid groups (broad SMARTS) is 1. The first-order chi connectivity index (χ1) is 7.56. The summed E-state index contributed by atoms with van der Waals surface area (Å²) in [6.45, 7) is 1.64. The number of aromatic nitrogens is 1. The minimum Gasteiger partial charge on any atom is -0.475 e. The maximum absolute atomic E-state index is 10.8. The zero-order valence-electron chi connectivity index (χ0n) is 9.45. The Hall–Kier alpha value is -1.36. The van der Waals surface area contributed by atoms with Gasteiger partial charge >= 0.3 is 5.97 Å². The number of ether oxygens (including phenoxy) is 1. The standard InChI is InChI=1S/C11H15NO4/c1-7-9(10(13)14)16-8(12-7)6-11(15-2)4-3-5-11/h3-6H2,1-2H3,(H,13,14). The van der Waals surface area contributed by atoms with E-state index < -0.39 is 5.97 Å². The molecule has 0 saturated heterocycles. The van der Waals surface area contributed by atoms with E-state index in [1.54, 1.807) is 14.0 Å². The zero-order chi connectivity index (χ0) is 11.8. The molecule has 5 heteroatoms. The summed E-state index contributed by atoms with van der Waals surface area (Å²) in [5.74, 6) is -0.687. The topological polar surface area (TPSA) is 72.6 Å². The van der Waals surface area contributed by atoms with Gasteiger partial charge in [-0.1, -0.05) is 0 Å². The predicted octanol–water partition coefficient (Wildman–Crippen LogP) is 1.79. The number of carboxylic acids is 1. The first-order valence-corrected chi connectivity index (χ1v) is 5.31. The van der Waals surface area contributed by atoms with Gasteiger partial charge in [0, 0.05) is 7.11 Å². The van der Waals surface area contributed by atoms with E-state index in [1.807, 2.05) is 0 Å². The molecule has 1 aromatic heterocycles. The maximum atomic E-state index is 10.8. The number of aryl methyl sites for hydroxylation is 1. The molecule has 88 valence electrons. The van der Waals surface area contributed by atoms with E-state index >= 15 is 0 Å². The molecule has 2 rings (SSSR count). The minimum atomic E-state index is -1.07. The van der Waals surface area contributed by atoms with E-state index in [-0.39, 0.29) is 11.4 Å². The molecule has 1 aromatic rings. The Morgan fingerprint density at radius 2 is 2.31 bits per heavy atom. The SMILES string of the molecule is COC1(Cc2nc(C)c(C(=O)O)o2)CCC1. The molecular weight excluding hydrogens is 210 g/mol. The molecule has 1 saturated carbocycles. The molecule has 0 aliphatic heterocycles. The lowest BCUT2D eigenvalue weighted by atomic mass is 9.77. The molecule has 0 atom stereocenters. The lowest BCUT2D eigenvalue weighted by molar-refractivity contribution is -0.0746. The molecule has 5 nitrogen and oxygen atoms in total. The largest absolute Gasteiger partial charge is 0.475 e. The van der Waals surface area contributed by atoms with Crippen LogP contribution in [0.25, 0.3) is 0 Å². The van der Waals surface area contributed by atoms with Crippen LogP contribution in [0.15, 0.2) is 4.42 Å². The van der Waals surface area contributed by atoms with Crippen molar-refractivity contribution in [2.45, 2.75) is 38.2 Å². The summed E-state index contributed by atoms with van der Waals surface area (Å²) in [6.07, 6.45) is 3.65. The maximum Gasteiger partial charge on any atom is 0.373 e. The van der Waals surface area contributed by atoms with Crippen molar-refractivity contribution in [3.8, 4) is 0 Å². The third-order valence-electron chi connectivity index (χ3n) is 3.21. The number of hydrogen-bond donors (Lipinski definition) is 1. The monoisotopic (exact) mass is 225 g/mol. The summed E-state index contributed by atoms with van der Waals surface area (Å²) < 4.78 is 10.7. The molecule has 0 radical (unpaired) electrons. The zero-order valence-corrected chi connectivity index (χ0v) is 9.45. The lowest BCUT2D eigenvalue weighted by Crippen LogP contribution is -2.41. The van der Waals surface area contributed by atoms with Gasteiger partial charge < -0.3 is 14.3 Å². The van der Waals surface area contributed by atoms with Crippen LogP contribution in [0, 0.1) is 6.92 Å². The van der Waals surface area contributed by atoms with Crippen molar-refractivity contribution in [3.63, 3.8) is 0 Å². The Morgan fingerprint density at radius 1 is 1.62 bits per heavy atom. The number of hydrogen-bond acceptors (Lipinski definition) is 4. The van der Waals surface area contributed by atoms with E-state index in [2.05, 4.69) is 4.98 Å². The van der Waals surface area contributed by atoms with Crippen LogP contribution in [0.5, 0.6) is 0 Å². The second-order valence-electron chi connectivity index (χ2n) is 4.24. The van der Waals surface area contributed by atoms with Crippen molar-refractivity contribution in [2.24, 2.45) is 0 Å². The summed E-state index contributed by atoms with van der Waals surface area (Å²) >= 11 is 0. The molecule has 1 aliphatic rings. The predicted molar refractivity (Wildman–Crippen MR) is 55.5 cm³/mol. The summed E-state index contributed by atoms with van der Waals surface area (Å²) in [4.78, 5) is 14.9. The fourth-order valence-corrected chi connectivity index (χ4v) is 2.03. The van der Waals surface area contributed by atoms with Gasteiger partial charge in [0.15, 0.2) is 5.89 Å². The number of oxazole rings is 1. The average Bonchev–Trinajstić information content (AvgIpc) is 2.53. The number of rotatable bonds is 4. The van der Waals surface area contributed by atoms with E-state index in [0.717, 1.165) is 19.3 Å². The van der Waals surface area contributed by atoms with Gasteiger partial charge in [0.25, 0.3) is 0 Å². The first-order valence-electron chi connectivity index (χ1n) is 5.31. The van der Waals surface area contributed by atoms with Crippen molar-refractivity contribution < 1.29 is 19.1 Å². The number of aromatic carboxylic acids is 1. The summed E-state index contributed by atoms with van der Waals surface area (Å²) in [6, 6.07) is 0. The fourth-order valence-electron chi connectivity index (χ4n) is 2.03. The van der Waals surface area contributed by atoms with Crippen molar-refractivity contribution >= 4 is 5.97 Å². The number of methoxy groups -OCH3 is 1. The van der Waals surface area contributed by atoms with Crippen LogP contribution in [-0.2, 0) is 11.2 Å². The Bertz CT molecular complexity index is 401. The molecule has 0 amide bonds. The number of nitrogens with zero attached hydrogens (tertiary/aromatic N) is 1. The molecule has 16 heavy (non-hydrogen) atoms. The molecule has 0 aromatic carbocycles. The second kappa shape index (κ2) is 3.90. The van der Waals surface area contributed by atoms with Crippen LogP contribution in [0.1, 0.15) is 41.4 Å². The first kappa shape index (κ1) is 11.1. The van der Waals surface area contributed by atoms with Crippen LogP contribution in [0.3, 0.4) is 0 Å². The molecule has 1 fully saturated rings. The van der Waals surface area contributed by atoms with Crippen LogP contribution in [0.4, 0.5) is 0 Å². The summed E-state index contributed by atoms with van der Waals surface area (Å²) in [7, 11) is 1.67. The third kappa shape index (κ3) is 1.82.